The minimum absolute atomic E-state index is 0.307. The van der Waals surface area contributed by atoms with Gasteiger partial charge in [0.05, 0.1) is 59.5 Å². The van der Waals surface area contributed by atoms with E-state index in [0.29, 0.717) is 72.6 Å². The highest BCUT2D eigenvalue weighted by atomic mass is 16.6. The summed E-state index contributed by atoms with van der Waals surface area (Å²) in [6.45, 7) is 10.5. The molecule has 0 spiro atoms. The van der Waals surface area contributed by atoms with Crippen molar-refractivity contribution in [2.24, 2.45) is 0 Å². The third-order valence-corrected chi connectivity index (χ3v) is 2.59. The van der Waals surface area contributed by atoms with E-state index in [0.717, 1.165) is 0 Å². The van der Waals surface area contributed by atoms with Crippen LogP contribution in [0.3, 0.4) is 0 Å². The van der Waals surface area contributed by atoms with Gasteiger partial charge in [-0.05, 0) is 20.8 Å². The van der Waals surface area contributed by atoms with Crippen LogP contribution in [0.4, 0.5) is 4.79 Å². The molecule has 0 saturated carbocycles. The molecule has 152 valence electrons. The summed E-state index contributed by atoms with van der Waals surface area (Å²) in [5.41, 5.74) is -0.496. The molecule has 8 heteroatoms. The van der Waals surface area contributed by atoms with Gasteiger partial charge in [-0.2, -0.15) is 0 Å². The van der Waals surface area contributed by atoms with Gasteiger partial charge in [0, 0.05) is 6.54 Å². The van der Waals surface area contributed by atoms with Crippen LogP contribution in [-0.4, -0.2) is 84.3 Å². The minimum atomic E-state index is -0.496. The molecule has 0 heterocycles. The summed E-state index contributed by atoms with van der Waals surface area (Å²) >= 11 is 0. The van der Waals surface area contributed by atoms with Crippen molar-refractivity contribution in [3.8, 4) is 12.3 Å². The van der Waals surface area contributed by atoms with Crippen molar-refractivity contribution in [2.75, 3.05) is 72.6 Å². The number of amides is 1. The van der Waals surface area contributed by atoms with Gasteiger partial charge in [-0.15, -0.1) is 6.42 Å². The zero-order valence-corrected chi connectivity index (χ0v) is 16.2. The molecule has 26 heavy (non-hydrogen) atoms. The zero-order chi connectivity index (χ0) is 19.5. The molecular weight excluding hydrogens is 342 g/mol. The number of hydrogen-bond donors (Lipinski definition) is 1. The highest BCUT2D eigenvalue weighted by molar-refractivity contribution is 5.67. The summed E-state index contributed by atoms with van der Waals surface area (Å²) in [6.07, 6.45) is 4.60. The molecule has 0 fully saturated rings. The lowest BCUT2D eigenvalue weighted by Gasteiger charge is -2.19. The van der Waals surface area contributed by atoms with Crippen molar-refractivity contribution in [1.82, 2.24) is 5.32 Å². The van der Waals surface area contributed by atoms with Crippen LogP contribution in [0.2, 0.25) is 0 Å². The maximum atomic E-state index is 11.4. The summed E-state index contributed by atoms with van der Waals surface area (Å²) in [5.74, 6) is 2.38. The van der Waals surface area contributed by atoms with Crippen LogP contribution >= 0.6 is 0 Å². The van der Waals surface area contributed by atoms with Crippen LogP contribution in [0, 0.1) is 12.3 Å². The predicted molar refractivity (Wildman–Crippen MR) is 97.2 cm³/mol. The van der Waals surface area contributed by atoms with E-state index in [1.165, 1.54) is 0 Å². The van der Waals surface area contributed by atoms with Crippen molar-refractivity contribution < 1.29 is 33.2 Å². The minimum Gasteiger partial charge on any atom is -0.444 e. The first-order chi connectivity index (χ1) is 12.5. The van der Waals surface area contributed by atoms with Gasteiger partial charge < -0.3 is 33.7 Å². The third-order valence-electron chi connectivity index (χ3n) is 2.59. The first kappa shape index (κ1) is 24.6. The van der Waals surface area contributed by atoms with Gasteiger partial charge in [-0.3, -0.25) is 0 Å². The Morgan fingerprint density at radius 2 is 1.23 bits per heavy atom. The molecule has 0 saturated heterocycles. The monoisotopic (exact) mass is 375 g/mol. The fourth-order valence-electron chi connectivity index (χ4n) is 1.55. The number of terminal acetylenes is 1. The Morgan fingerprint density at radius 1 is 0.808 bits per heavy atom. The van der Waals surface area contributed by atoms with Gasteiger partial charge in [0.1, 0.15) is 12.2 Å². The molecule has 0 unspecified atom stereocenters. The highest BCUT2D eigenvalue weighted by Gasteiger charge is 2.15. The fraction of sp³-hybridized carbons (Fsp3) is 0.833. The van der Waals surface area contributed by atoms with Crippen LogP contribution in [0.1, 0.15) is 20.8 Å². The molecule has 0 aromatic rings. The Balaban J connectivity index is 3.14. The fourth-order valence-corrected chi connectivity index (χ4v) is 1.55. The summed E-state index contributed by atoms with van der Waals surface area (Å²) in [4.78, 5) is 11.4. The molecule has 0 atom stereocenters. The summed E-state index contributed by atoms with van der Waals surface area (Å²) in [5, 5.41) is 2.61. The maximum absolute atomic E-state index is 11.4. The Bertz CT molecular complexity index is 377. The smallest absolute Gasteiger partial charge is 0.407 e. The van der Waals surface area contributed by atoms with Crippen LogP contribution in [0.5, 0.6) is 0 Å². The van der Waals surface area contributed by atoms with Gasteiger partial charge in [0.25, 0.3) is 0 Å². The topological polar surface area (TPSA) is 84.5 Å². The second-order valence-electron chi connectivity index (χ2n) is 6.13. The van der Waals surface area contributed by atoms with Crippen LogP contribution in [-0.2, 0) is 28.4 Å². The number of carbonyl (C=O) groups excluding carboxylic acids is 1. The highest BCUT2D eigenvalue weighted by Crippen LogP contribution is 2.05. The molecule has 0 aliphatic rings. The standard InChI is InChI=1S/C18H33NO7/c1-5-7-21-9-11-23-13-15-25-16-14-24-12-10-22-8-6-19-17(20)26-18(2,3)4/h1H,6-16H2,2-4H3,(H,19,20). The van der Waals surface area contributed by atoms with E-state index >= 15 is 0 Å². The second-order valence-corrected chi connectivity index (χ2v) is 6.13. The Kier molecular flexibility index (Phi) is 16.2. The Morgan fingerprint density at radius 3 is 1.65 bits per heavy atom. The largest absolute Gasteiger partial charge is 0.444 e. The number of carbonyl (C=O) groups is 1. The molecule has 0 aliphatic carbocycles. The molecule has 8 nitrogen and oxygen atoms in total. The molecule has 0 rings (SSSR count). The first-order valence-corrected chi connectivity index (χ1v) is 8.74. The Hall–Kier alpha value is -1.37. The summed E-state index contributed by atoms with van der Waals surface area (Å²) < 4.78 is 31.5. The molecule has 0 bridgehead atoms. The summed E-state index contributed by atoms with van der Waals surface area (Å²) in [6, 6.07) is 0. The van der Waals surface area contributed by atoms with Gasteiger partial charge >= 0.3 is 6.09 Å². The van der Waals surface area contributed by atoms with Crippen LogP contribution < -0.4 is 5.32 Å². The van der Waals surface area contributed by atoms with Gasteiger partial charge in [-0.1, -0.05) is 5.92 Å². The molecule has 0 aromatic heterocycles. The van der Waals surface area contributed by atoms with Crippen molar-refractivity contribution in [3.05, 3.63) is 0 Å². The summed E-state index contributed by atoms with van der Waals surface area (Å²) in [7, 11) is 0. The molecule has 1 N–H and O–H groups in total. The average molecular weight is 375 g/mol. The quantitative estimate of drug-likeness (QED) is 0.321. The normalized spacial score (nSPS) is 11.2. The van der Waals surface area contributed by atoms with E-state index in [4.69, 9.17) is 34.8 Å². The van der Waals surface area contributed by atoms with Gasteiger partial charge in [0.2, 0.25) is 0 Å². The first-order valence-electron chi connectivity index (χ1n) is 8.74. The lowest BCUT2D eigenvalue weighted by molar-refractivity contribution is -0.00908. The molecule has 0 radical (unpaired) electrons. The van der Waals surface area contributed by atoms with E-state index in [9.17, 15) is 4.79 Å². The molecule has 1 amide bonds. The average Bonchev–Trinajstić information content (AvgIpc) is 2.56. The van der Waals surface area contributed by atoms with Gasteiger partial charge in [-0.25, -0.2) is 4.79 Å². The maximum Gasteiger partial charge on any atom is 0.407 e. The molecule has 0 aliphatic heterocycles. The van der Waals surface area contributed by atoms with Crippen molar-refractivity contribution in [1.29, 1.82) is 0 Å². The number of alkyl carbamates (subject to hydrolysis) is 1. The zero-order valence-electron chi connectivity index (χ0n) is 16.2. The van der Waals surface area contributed by atoms with Crippen LogP contribution in [0.25, 0.3) is 0 Å². The lowest BCUT2D eigenvalue weighted by Crippen LogP contribution is -2.34. The van der Waals surface area contributed by atoms with Crippen molar-refractivity contribution in [3.63, 3.8) is 0 Å². The van der Waals surface area contributed by atoms with E-state index in [2.05, 4.69) is 11.2 Å². The molecular formula is C18H33NO7. The van der Waals surface area contributed by atoms with E-state index in [-0.39, 0.29) is 0 Å². The van der Waals surface area contributed by atoms with Crippen molar-refractivity contribution >= 4 is 6.09 Å². The van der Waals surface area contributed by atoms with Gasteiger partial charge in [0.15, 0.2) is 0 Å². The Labute approximate surface area is 156 Å². The SMILES string of the molecule is C#CCOCCOCCOCCOCCOCCNC(=O)OC(C)(C)C. The number of ether oxygens (including phenoxy) is 6. The lowest BCUT2D eigenvalue weighted by atomic mass is 10.2. The van der Waals surface area contributed by atoms with E-state index < -0.39 is 11.7 Å². The third kappa shape index (κ3) is 20.7. The van der Waals surface area contributed by atoms with Crippen molar-refractivity contribution in [2.45, 2.75) is 26.4 Å². The van der Waals surface area contributed by atoms with E-state index in [1.807, 2.05) is 20.8 Å². The second kappa shape index (κ2) is 17.1. The van der Waals surface area contributed by atoms with Crippen LogP contribution in [0.15, 0.2) is 0 Å². The van der Waals surface area contributed by atoms with E-state index in [1.54, 1.807) is 0 Å². The number of hydrogen-bond acceptors (Lipinski definition) is 7. The number of rotatable bonds is 16. The molecule has 0 aromatic carbocycles. The predicted octanol–water partition coefficient (Wildman–Crippen LogP) is 1.23. The number of nitrogens with one attached hydrogen (secondary N) is 1.